The summed E-state index contributed by atoms with van der Waals surface area (Å²) < 4.78 is 4.65. The fraction of sp³-hybridized carbons (Fsp3) is 0.188. The molecule has 2 rings (SSSR count). The molecule has 0 saturated carbocycles. The highest BCUT2D eigenvalue weighted by Gasteiger charge is 2.05. The van der Waals surface area contributed by atoms with Crippen LogP contribution in [-0.4, -0.2) is 18.2 Å². The third-order valence-corrected chi connectivity index (χ3v) is 3.40. The van der Waals surface area contributed by atoms with Crippen molar-refractivity contribution in [2.24, 2.45) is 0 Å². The lowest BCUT2D eigenvalue weighted by molar-refractivity contribution is 0.0600. The minimum absolute atomic E-state index is 0.0281. The van der Waals surface area contributed by atoms with Crippen molar-refractivity contribution in [3.8, 4) is 0 Å². The van der Waals surface area contributed by atoms with Gasteiger partial charge in [-0.3, -0.25) is 0 Å². The molecule has 110 valence electrons. The first-order valence-corrected chi connectivity index (χ1v) is 6.82. The average Bonchev–Trinajstić information content (AvgIpc) is 2.54. The van der Waals surface area contributed by atoms with Crippen LogP contribution < -0.4 is 5.32 Å². The number of nitrogens with one attached hydrogen (secondary N) is 1. The average molecular weight is 306 g/mol. The monoisotopic (exact) mass is 305 g/mol. The highest BCUT2D eigenvalue weighted by Crippen LogP contribution is 2.23. The summed E-state index contributed by atoms with van der Waals surface area (Å²) in [6.07, 6.45) is 0. The van der Waals surface area contributed by atoms with E-state index >= 15 is 0 Å². The first kappa shape index (κ1) is 15.4. The summed E-state index contributed by atoms with van der Waals surface area (Å²) in [4.78, 5) is 11.3. The van der Waals surface area contributed by atoms with E-state index in [0.717, 1.165) is 16.8 Å². The van der Waals surface area contributed by atoms with Gasteiger partial charge in [0.2, 0.25) is 0 Å². The van der Waals surface area contributed by atoms with E-state index in [4.69, 9.17) is 16.7 Å². The standard InChI is InChI=1S/C16H16ClNO3/c1-21-16(20)13-5-2-11(3-6-13)9-18-15-8-12(10-19)4-7-14(15)17/h2-8,18-19H,9-10H2,1H3. The smallest absolute Gasteiger partial charge is 0.337 e. The zero-order chi connectivity index (χ0) is 15.2. The van der Waals surface area contributed by atoms with Crippen LogP contribution in [0.1, 0.15) is 21.5 Å². The summed E-state index contributed by atoms with van der Waals surface area (Å²) in [5, 5.41) is 12.9. The lowest BCUT2D eigenvalue weighted by Crippen LogP contribution is -2.03. The molecular formula is C16H16ClNO3. The van der Waals surface area contributed by atoms with Crippen molar-refractivity contribution >= 4 is 23.3 Å². The molecule has 0 aliphatic carbocycles. The predicted molar refractivity (Wildman–Crippen MR) is 82.5 cm³/mol. The van der Waals surface area contributed by atoms with Crippen LogP contribution in [0.25, 0.3) is 0 Å². The number of esters is 1. The molecule has 0 amide bonds. The van der Waals surface area contributed by atoms with Gasteiger partial charge in [0.05, 0.1) is 30.0 Å². The van der Waals surface area contributed by atoms with Crippen molar-refractivity contribution in [3.63, 3.8) is 0 Å². The minimum Gasteiger partial charge on any atom is -0.465 e. The molecule has 4 nitrogen and oxygen atoms in total. The summed E-state index contributed by atoms with van der Waals surface area (Å²) in [5.74, 6) is -0.354. The van der Waals surface area contributed by atoms with Gasteiger partial charge in [-0.25, -0.2) is 4.79 Å². The van der Waals surface area contributed by atoms with Gasteiger partial charge in [-0.15, -0.1) is 0 Å². The second kappa shape index (κ2) is 7.11. The molecule has 2 N–H and O–H groups in total. The molecular weight excluding hydrogens is 290 g/mol. The molecule has 0 bridgehead atoms. The number of aliphatic hydroxyl groups is 1. The largest absolute Gasteiger partial charge is 0.465 e. The van der Waals surface area contributed by atoms with E-state index in [1.54, 1.807) is 24.3 Å². The number of carbonyl (C=O) groups excluding carboxylic acids is 1. The Bertz CT molecular complexity index is 626. The van der Waals surface area contributed by atoms with Gasteiger partial charge in [0, 0.05) is 6.54 Å². The molecule has 0 fully saturated rings. The third kappa shape index (κ3) is 3.97. The number of methoxy groups -OCH3 is 1. The second-order valence-corrected chi connectivity index (χ2v) is 4.92. The highest BCUT2D eigenvalue weighted by atomic mass is 35.5. The maximum Gasteiger partial charge on any atom is 0.337 e. The van der Waals surface area contributed by atoms with E-state index < -0.39 is 0 Å². The van der Waals surface area contributed by atoms with Gasteiger partial charge in [-0.2, -0.15) is 0 Å². The maximum atomic E-state index is 11.3. The van der Waals surface area contributed by atoms with Crippen LogP contribution in [-0.2, 0) is 17.9 Å². The zero-order valence-corrected chi connectivity index (χ0v) is 12.4. The minimum atomic E-state index is -0.354. The van der Waals surface area contributed by atoms with Crippen molar-refractivity contribution in [1.29, 1.82) is 0 Å². The lowest BCUT2D eigenvalue weighted by atomic mass is 10.1. The van der Waals surface area contributed by atoms with E-state index in [0.29, 0.717) is 17.1 Å². The van der Waals surface area contributed by atoms with E-state index in [1.807, 2.05) is 18.2 Å². The molecule has 21 heavy (non-hydrogen) atoms. The van der Waals surface area contributed by atoms with E-state index in [9.17, 15) is 4.79 Å². The summed E-state index contributed by atoms with van der Waals surface area (Å²) in [5.41, 5.74) is 3.08. The number of carbonyl (C=O) groups is 1. The molecule has 2 aromatic carbocycles. The van der Waals surface area contributed by atoms with Gasteiger partial charge >= 0.3 is 5.97 Å². The molecule has 5 heteroatoms. The quantitative estimate of drug-likeness (QED) is 0.833. The van der Waals surface area contributed by atoms with Crippen LogP contribution in [0.3, 0.4) is 0 Å². The maximum absolute atomic E-state index is 11.3. The van der Waals surface area contributed by atoms with Crippen molar-refractivity contribution in [3.05, 3.63) is 64.2 Å². The van der Waals surface area contributed by atoms with Gasteiger partial charge in [0.15, 0.2) is 0 Å². The summed E-state index contributed by atoms with van der Waals surface area (Å²) in [7, 11) is 1.36. The Hall–Kier alpha value is -2.04. The molecule has 2 aromatic rings. The van der Waals surface area contributed by atoms with Gasteiger partial charge in [0.1, 0.15) is 0 Å². The van der Waals surface area contributed by atoms with E-state index in [1.165, 1.54) is 7.11 Å². The molecule has 0 spiro atoms. The van der Waals surface area contributed by atoms with Crippen molar-refractivity contribution in [1.82, 2.24) is 0 Å². The first-order chi connectivity index (χ1) is 10.1. The molecule has 0 aromatic heterocycles. The predicted octanol–water partition coefficient (Wildman–Crippen LogP) is 3.23. The van der Waals surface area contributed by atoms with Crippen molar-refractivity contribution in [2.45, 2.75) is 13.2 Å². The van der Waals surface area contributed by atoms with Crippen molar-refractivity contribution in [2.75, 3.05) is 12.4 Å². The molecule has 0 radical (unpaired) electrons. The Kier molecular flexibility index (Phi) is 5.20. The topological polar surface area (TPSA) is 58.6 Å². The molecule has 0 atom stereocenters. The van der Waals surface area contributed by atoms with Gasteiger partial charge in [0.25, 0.3) is 0 Å². The highest BCUT2D eigenvalue weighted by molar-refractivity contribution is 6.33. The van der Waals surface area contributed by atoms with Gasteiger partial charge in [-0.05, 0) is 35.4 Å². The number of hydrogen-bond acceptors (Lipinski definition) is 4. The Morgan fingerprint density at radius 2 is 1.86 bits per heavy atom. The Balaban J connectivity index is 2.04. The van der Waals surface area contributed by atoms with Crippen LogP contribution in [0, 0.1) is 0 Å². The fourth-order valence-electron chi connectivity index (χ4n) is 1.88. The normalized spacial score (nSPS) is 10.2. The van der Waals surface area contributed by atoms with Crippen LogP contribution >= 0.6 is 11.6 Å². The van der Waals surface area contributed by atoms with E-state index in [2.05, 4.69) is 10.1 Å². The first-order valence-electron chi connectivity index (χ1n) is 6.44. The number of hydrogen-bond donors (Lipinski definition) is 2. The molecule has 0 aliphatic heterocycles. The molecule has 0 heterocycles. The molecule has 0 unspecified atom stereocenters. The number of halogens is 1. The van der Waals surface area contributed by atoms with Crippen LogP contribution in [0.15, 0.2) is 42.5 Å². The molecule has 0 aliphatic rings. The third-order valence-electron chi connectivity index (χ3n) is 3.07. The number of aliphatic hydroxyl groups excluding tert-OH is 1. The van der Waals surface area contributed by atoms with Crippen LogP contribution in [0.2, 0.25) is 5.02 Å². The fourth-order valence-corrected chi connectivity index (χ4v) is 2.06. The van der Waals surface area contributed by atoms with Gasteiger partial charge < -0.3 is 15.2 Å². The zero-order valence-electron chi connectivity index (χ0n) is 11.6. The van der Waals surface area contributed by atoms with Crippen LogP contribution in [0.5, 0.6) is 0 Å². The van der Waals surface area contributed by atoms with Crippen LogP contribution in [0.4, 0.5) is 5.69 Å². The van der Waals surface area contributed by atoms with Gasteiger partial charge in [-0.1, -0.05) is 29.8 Å². The lowest BCUT2D eigenvalue weighted by Gasteiger charge is -2.10. The second-order valence-electron chi connectivity index (χ2n) is 4.51. The molecule has 0 saturated heterocycles. The Morgan fingerprint density at radius 1 is 1.19 bits per heavy atom. The Labute approximate surface area is 128 Å². The number of ether oxygens (including phenoxy) is 1. The number of benzene rings is 2. The van der Waals surface area contributed by atoms with E-state index in [-0.39, 0.29) is 12.6 Å². The summed E-state index contributed by atoms with van der Waals surface area (Å²) in [6, 6.07) is 12.5. The summed E-state index contributed by atoms with van der Waals surface area (Å²) >= 11 is 6.10. The SMILES string of the molecule is COC(=O)c1ccc(CNc2cc(CO)ccc2Cl)cc1. The Morgan fingerprint density at radius 3 is 2.48 bits per heavy atom. The number of anilines is 1. The van der Waals surface area contributed by atoms with Crippen molar-refractivity contribution < 1.29 is 14.6 Å². The number of rotatable bonds is 5. The summed E-state index contributed by atoms with van der Waals surface area (Å²) in [6.45, 7) is 0.537.